The lowest BCUT2D eigenvalue weighted by molar-refractivity contribution is -0.276. The molecule has 0 bridgehead atoms. The standard InChI is InChI=1S/C24H21Cl2F3N2O4/c1-13-10-31-21(11-30-13)23(33,24(27,28)29)14(2)18-7-6-17(9-20(18)26)35-12-16-5-4-15(8-19(16)25)22(32)34-3/h4-11,14,33H,12H2,1-3H3. The first-order valence-corrected chi connectivity index (χ1v) is 11.0. The van der Waals surface area contributed by atoms with Crippen molar-refractivity contribution in [3.63, 3.8) is 0 Å². The van der Waals surface area contributed by atoms with Gasteiger partial charge in [-0.25, -0.2) is 4.79 Å². The second kappa shape index (κ2) is 10.4. The van der Waals surface area contributed by atoms with Crippen LogP contribution in [0.25, 0.3) is 0 Å². The first kappa shape index (κ1) is 26.7. The summed E-state index contributed by atoms with van der Waals surface area (Å²) in [6, 6.07) is 8.70. The van der Waals surface area contributed by atoms with Gasteiger partial charge in [-0.15, -0.1) is 0 Å². The summed E-state index contributed by atoms with van der Waals surface area (Å²) < 4.78 is 52.5. The number of hydrogen-bond donors (Lipinski definition) is 1. The van der Waals surface area contributed by atoms with Gasteiger partial charge in [0.15, 0.2) is 0 Å². The topological polar surface area (TPSA) is 81.5 Å². The van der Waals surface area contributed by atoms with Crippen LogP contribution in [0.15, 0.2) is 48.8 Å². The van der Waals surface area contributed by atoms with E-state index >= 15 is 0 Å². The Morgan fingerprint density at radius 3 is 2.34 bits per heavy atom. The zero-order valence-electron chi connectivity index (χ0n) is 18.9. The molecule has 0 aliphatic rings. The van der Waals surface area contributed by atoms with Crippen LogP contribution in [0.1, 0.15) is 45.7 Å². The minimum atomic E-state index is -5.05. The molecule has 11 heteroatoms. The van der Waals surface area contributed by atoms with Crippen LogP contribution < -0.4 is 4.74 Å². The van der Waals surface area contributed by atoms with E-state index in [2.05, 4.69) is 14.7 Å². The Labute approximate surface area is 209 Å². The van der Waals surface area contributed by atoms with Crippen molar-refractivity contribution in [3.8, 4) is 5.75 Å². The third kappa shape index (κ3) is 5.52. The Bertz CT molecular complexity index is 1220. The molecule has 0 radical (unpaired) electrons. The second-order valence-corrected chi connectivity index (χ2v) is 8.61. The van der Waals surface area contributed by atoms with Crippen LogP contribution in [0, 0.1) is 6.92 Å². The SMILES string of the molecule is COC(=O)c1ccc(COc2ccc(C(C)C(O)(c3cnc(C)cn3)C(F)(F)F)c(Cl)c2)c(Cl)c1. The zero-order valence-corrected chi connectivity index (χ0v) is 20.4. The molecule has 0 spiro atoms. The van der Waals surface area contributed by atoms with Crippen LogP contribution in [0.5, 0.6) is 5.75 Å². The van der Waals surface area contributed by atoms with Crippen molar-refractivity contribution in [2.75, 3.05) is 7.11 Å². The summed E-state index contributed by atoms with van der Waals surface area (Å²) in [6.07, 6.45) is -3.00. The van der Waals surface area contributed by atoms with E-state index in [0.717, 1.165) is 12.4 Å². The molecule has 1 aromatic heterocycles. The third-order valence-electron chi connectivity index (χ3n) is 5.54. The van der Waals surface area contributed by atoms with E-state index in [1.54, 1.807) is 13.0 Å². The monoisotopic (exact) mass is 528 g/mol. The number of methoxy groups -OCH3 is 1. The number of halogens is 5. The molecule has 0 amide bonds. The van der Waals surface area contributed by atoms with Crippen molar-refractivity contribution in [1.29, 1.82) is 0 Å². The summed E-state index contributed by atoms with van der Waals surface area (Å²) in [4.78, 5) is 19.2. The average molecular weight is 529 g/mol. The first-order valence-electron chi connectivity index (χ1n) is 10.3. The van der Waals surface area contributed by atoms with E-state index < -0.39 is 29.4 Å². The van der Waals surface area contributed by atoms with Gasteiger partial charge in [-0.05, 0) is 36.8 Å². The lowest BCUT2D eigenvalue weighted by Crippen LogP contribution is -2.47. The normalized spacial score (nSPS) is 14.2. The Kier molecular flexibility index (Phi) is 7.93. The van der Waals surface area contributed by atoms with Gasteiger partial charge in [-0.1, -0.05) is 42.3 Å². The lowest BCUT2D eigenvalue weighted by atomic mass is 9.80. The van der Waals surface area contributed by atoms with Gasteiger partial charge in [-0.3, -0.25) is 9.97 Å². The molecule has 0 saturated carbocycles. The van der Waals surface area contributed by atoms with Crippen molar-refractivity contribution in [2.24, 2.45) is 0 Å². The molecule has 2 aromatic carbocycles. The van der Waals surface area contributed by atoms with Gasteiger partial charge >= 0.3 is 12.1 Å². The summed E-state index contributed by atoms with van der Waals surface area (Å²) in [5, 5.41) is 11.1. The number of ether oxygens (including phenoxy) is 2. The summed E-state index contributed by atoms with van der Waals surface area (Å²) in [7, 11) is 1.26. The highest BCUT2D eigenvalue weighted by Gasteiger charge is 2.60. The maximum absolute atomic E-state index is 14.1. The lowest BCUT2D eigenvalue weighted by Gasteiger charge is -2.35. The fourth-order valence-corrected chi connectivity index (χ4v) is 4.02. The van der Waals surface area contributed by atoms with E-state index in [9.17, 15) is 23.1 Å². The van der Waals surface area contributed by atoms with Crippen LogP contribution in [0.2, 0.25) is 10.0 Å². The molecule has 35 heavy (non-hydrogen) atoms. The number of rotatable bonds is 7. The zero-order chi connectivity index (χ0) is 26.0. The molecule has 1 N–H and O–H groups in total. The maximum atomic E-state index is 14.1. The molecule has 2 atom stereocenters. The van der Waals surface area contributed by atoms with Gasteiger partial charge in [0.1, 0.15) is 18.1 Å². The summed E-state index contributed by atoms with van der Waals surface area (Å²) >= 11 is 12.5. The molecule has 1 heterocycles. The number of aromatic nitrogens is 2. The molecule has 0 fully saturated rings. The number of nitrogens with zero attached hydrogens (tertiary/aromatic N) is 2. The van der Waals surface area contributed by atoms with Gasteiger partial charge in [0.2, 0.25) is 5.60 Å². The number of hydrogen-bond acceptors (Lipinski definition) is 6. The van der Waals surface area contributed by atoms with E-state index in [4.69, 9.17) is 27.9 Å². The largest absolute Gasteiger partial charge is 0.489 e. The van der Waals surface area contributed by atoms with Gasteiger partial charge in [0.05, 0.1) is 24.6 Å². The van der Waals surface area contributed by atoms with E-state index in [0.29, 0.717) is 11.3 Å². The quantitative estimate of drug-likeness (QED) is 0.378. The summed E-state index contributed by atoms with van der Waals surface area (Å²) in [6.45, 7) is 2.79. The Hall–Kier alpha value is -2.88. The minimum absolute atomic E-state index is 0.0109. The Morgan fingerprint density at radius 1 is 1.09 bits per heavy atom. The van der Waals surface area contributed by atoms with Crippen LogP contribution in [0.3, 0.4) is 0 Å². The number of carbonyl (C=O) groups excluding carboxylic acids is 1. The maximum Gasteiger partial charge on any atom is 0.423 e. The first-order chi connectivity index (χ1) is 16.4. The molecule has 0 aliphatic carbocycles. The number of aryl methyl sites for hydroxylation is 1. The number of carbonyl (C=O) groups is 1. The molecule has 3 rings (SSSR count). The second-order valence-electron chi connectivity index (χ2n) is 7.80. The van der Waals surface area contributed by atoms with Gasteiger partial charge in [0.25, 0.3) is 0 Å². The Morgan fingerprint density at radius 2 is 1.80 bits per heavy atom. The van der Waals surface area contributed by atoms with Crippen LogP contribution in [-0.2, 0) is 16.9 Å². The molecule has 2 unspecified atom stereocenters. The molecule has 0 aliphatic heterocycles. The molecule has 3 aromatic rings. The fourth-order valence-electron chi connectivity index (χ4n) is 3.45. The smallest absolute Gasteiger partial charge is 0.423 e. The van der Waals surface area contributed by atoms with Gasteiger partial charge in [0, 0.05) is 27.7 Å². The fraction of sp³-hybridized carbons (Fsp3) is 0.292. The number of aliphatic hydroxyl groups is 1. The van der Waals surface area contributed by atoms with E-state index in [1.807, 2.05) is 0 Å². The van der Waals surface area contributed by atoms with Crippen molar-refractivity contribution in [3.05, 3.63) is 86.9 Å². The van der Waals surface area contributed by atoms with Crippen LogP contribution in [-0.4, -0.2) is 34.3 Å². The predicted molar refractivity (Wildman–Crippen MR) is 124 cm³/mol. The molecule has 0 saturated heterocycles. The number of esters is 1. The molecular weight excluding hydrogens is 508 g/mol. The summed E-state index contributed by atoms with van der Waals surface area (Å²) in [5.41, 5.74) is -2.67. The van der Waals surface area contributed by atoms with E-state index in [-0.39, 0.29) is 33.5 Å². The average Bonchev–Trinajstić information content (AvgIpc) is 2.81. The molecule has 186 valence electrons. The van der Waals surface area contributed by atoms with Crippen LogP contribution in [0.4, 0.5) is 13.2 Å². The van der Waals surface area contributed by atoms with Crippen molar-refractivity contribution < 1.29 is 32.5 Å². The minimum Gasteiger partial charge on any atom is -0.489 e. The number of alkyl halides is 3. The molecular formula is C24H21Cl2F3N2O4. The van der Waals surface area contributed by atoms with Gasteiger partial charge < -0.3 is 14.6 Å². The van der Waals surface area contributed by atoms with Gasteiger partial charge in [-0.2, -0.15) is 13.2 Å². The third-order valence-corrected chi connectivity index (χ3v) is 6.22. The highest BCUT2D eigenvalue weighted by atomic mass is 35.5. The van der Waals surface area contributed by atoms with Crippen molar-refractivity contribution in [1.82, 2.24) is 9.97 Å². The predicted octanol–water partition coefficient (Wildman–Crippen LogP) is 6.01. The Balaban J connectivity index is 1.84. The van der Waals surface area contributed by atoms with E-state index in [1.165, 1.54) is 44.4 Å². The highest BCUT2D eigenvalue weighted by molar-refractivity contribution is 6.32. The highest BCUT2D eigenvalue weighted by Crippen LogP contribution is 2.49. The summed E-state index contributed by atoms with van der Waals surface area (Å²) in [5.74, 6) is -1.78. The number of benzene rings is 2. The van der Waals surface area contributed by atoms with Crippen molar-refractivity contribution in [2.45, 2.75) is 38.1 Å². The van der Waals surface area contributed by atoms with Crippen LogP contribution >= 0.6 is 23.2 Å². The van der Waals surface area contributed by atoms with Crippen molar-refractivity contribution >= 4 is 29.2 Å². The molecule has 6 nitrogen and oxygen atoms in total.